The first-order valence-electron chi connectivity index (χ1n) is 3.29. The van der Waals surface area contributed by atoms with Crippen LogP contribution in [0.5, 0.6) is 0 Å². The highest BCUT2D eigenvalue weighted by Crippen LogP contribution is 2.09. The van der Waals surface area contributed by atoms with Crippen molar-refractivity contribution >= 4 is 17.8 Å². The number of amides is 1. The van der Waals surface area contributed by atoms with Crippen molar-refractivity contribution in [3.05, 3.63) is 11.8 Å². The number of carbonyl (C=O) groups excluding carboxylic acids is 2. The molecule has 13 heavy (non-hydrogen) atoms. The number of methoxy groups -OCH3 is 1. The Morgan fingerprint density at radius 3 is 2.62 bits per heavy atom. The van der Waals surface area contributed by atoms with E-state index in [1.807, 2.05) is 0 Å². The van der Waals surface area contributed by atoms with Crippen molar-refractivity contribution in [2.24, 2.45) is 5.73 Å². The molecule has 0 spiro atoms. The molecule has 0 aromatic carbocycles. The summed E-state index contributed by atoms with van der Waals surface area (Å²) >= 11 is 0. The van der Waals surface area contributed by atoms with Crippen LogP contribution in [0.2, 0.25) is 0 Å². The molecule has 0 fully saturated rings. The van der Waals surface area contributed by atoms with Gasteiger partial charge in [0.25, 0.3) is 5.91 Å². The van der Waals surface area contributed by atoms with Crippen molar-refractivity contribution in [3.8, 4) is 0 Å². The van der Waals surface area contributed by atoms with E-state index in [0.29, 0.717) is 0 Å². The summed E-state index contributed by atoms with van der Waals surface area (Å²) in [5.41, 5.74) is 10.3. The van der Waals surface area contributed by atoms with Gasteiger partial charge in [0.15, 0.2) is 0 Å². The van der Waals surface area contributed by atoms with Gasteiger partial charge in [0.05, 0.1) is 13.3 Å². The normalized spacial score (nSPS) is 9.62. The average Bonchev–Trinajstić information content (AvgIpc) is 2.46. The van der Waals surface area contributed by atoms with Gasteiger partial charge in [0.1, 0.15) is 11.4 Å². The standard InChI is InChI=1S/C6H8N4O3/c1-13-6(12)10-4(7)3(2-9-10)5(8)11/h2H,7H2,1H3,(H2,8,11). The van der Waals surface area contributed by atoms with Gasteiger partial charge in [0, 0.05) is 0 Å². The SMILES string of the molecule is COC(=O)n1ncc(C(N)=O)c1N. The van der Waals surface area contributed by atoms with Gasteiger partial charge >= 0.3 is 6.09 Å². The van der Waals surface area contributed by atoms with E-state index in [-0.39, 0.29) is 11.4 Å². The third kappa shape index (κ3) is 1.43. The predicted octanol–water partition coefficient (Wildman–Crippen LogP) is -0.821. The third-order valence-corrected chi connectivity index (χ3v) is 1.42. The summed E-state index contributed by atoms with van der Waals surface area (Å²) in [4.78, 5) is 21.6. The molecule has 0 saturated heterocycles. The van der Waals surface area contributed by atoms with Crippen LogP contribution < -0.4 is 11.5 Å². The molecular weight excluding hydrogens is 176 g/mol. The number of aromatic nitrogens is 2. The zero-order valence-electron chi connectivity index (χ0n) is 6.85. The molecule has 0 saturated carbocycles. The Morgan fingerprint density at radius 2 is 2.23 bits per heavy atom. The molecular formula is C6H8N4O3. The molecule has 4 N–H and O–H groups in total. The van der Waals surface area contributed by atoms with Crippen LogP contribution >= 0.6 is 0 Å². The number of hydrogen-bond donors (Lipinski definition) is 2. The lowest BCUT2D eigenvalue weighted by Crippen LogP contribution is -2.18. The van der Waals surface area contributed by atoms with Crippen LogP contribution in [0.25, 0.3) is 0 Å². The maximum absolute atomic E-state index is 10.9. The Balaban J connectivity index is 3.13. The first-order chi connectivity index (χ1) is 6.07. The average molecular weight is 184 g/mol. The van der Waals surface area contributed by atoms with Crippen LogP contribution in [-0.4, -0.2) is 28.9 Å². The van der Waals surface area contributed by atoms with E-state index in [2.05, 4.69) is 9.84 Å². The first kappa shape index (κ1) is 9.04. The zero-order valence-corrected chi connectivity index (χ0v) is 6.85. The van der Waals surface area contributed by atoms with Gasteiger partial charge in [-0.15, -0.1) is 4.68 Å². The van der Waals surface area contributed by atoms with E-state index in [1.54, 1.807) is 0 Å². The van der Waals surface area contributed by atoms with Crippen LogP contribution in [-0.2, 0) is 4.74 Å². The molecule has 1 rings (SSSR count). The lowest BCUT2D eigenvalue weighted by molar-refractivity contribution is 0.100. The molecule has 0 aliphatic carbocycles. The van der Waals surface area contributed by atoms with E-state index in [0.717, 1.165) is 10.9 Å². The van der Waals surface area contributed by atoms with E-state index in [1.165, 1.54) is 7.11 Å². The lowest BCUT2D eigenvalue weighted by atomic mass is 10.3. The van der Waals surface area contributed by atoms with Gasteiger partial charge in [-0.05, 0) is 0 Å². The molecule has 0 unspecified atom stereocenters. The summed E-state index contributed by atoms with van der Waals surface area (Å²) in [7, 11) is 1.17. The molecule has 0 radical (unpaired) electrons. The van der Waals surface area contributed by atoms with E-state index >= 15 is 0 Å². The van der Waals surface area contributed by atoms with Gasteiger partial charge in [-0.2, -0.15) is 5.10 Å². The van der Waals surface area contributed by atoms with E-state index < -0.39 is 12.0 Å². The summed E-state index contributed by atoms with van der Waals surface area (Å²) in [6.45, 7) is 0. The second kappa shape index (κ2) is 3.13. The maximum Gasteiger partial charge on any atom is 0.436 e. The second-order valence-electron chi connectivity index (χ2n) is 2.19. The Hall–Kier alpha value is -2.05. The van der Waals surface area contributed by atoms with E-state index in [4.69, 9.17) is 11.5 Å². The van der Waals surface area contributed by atoms with Gasteiger partial charge in [-0.25, -0.2) is 4.79 Å². The topological polar surface area (TPSA) is 113 Å². The monoisotopic (exact) mass is 184 g/mol. The van der Waals surface area contributed by atoms with Gasteiger partial charge in [0.2, 0.25) is 0 Å². The zero-order chi connectivity index (χ0) is 10.0. The van der Waals surface area contributed by atoms with Crippen LogP contribution in [0, 0.1) is 0 Å². The number of hydrogen-bond acceptors (Lipinski definition) is 5. The molecule has 7 heteroatoms. The van der Waals surface area contributed by atoms with Crippen LogP contribution in [0.15, 0.2) is 6.20 Å². The summed E-state index contributed by atoms with van der Waals surface area (Å²) in [6, 6.07) is 0. The first-order valence-corrected chi connectivity index (χ1v) is 3.29. The van der Waals surface area contributed by atoms with Crippen molar-refractivity contribution in [2.75, 3.05) is 12.8 Å². The van der Waals surface area contributed by atoms with Crippen molar-refractivity contribution in [1.29, 1.82) is 0 Å². The molecule has 1 aromatic heterocycles. The number of nitrogens with two attached hydrogens (primary N) is 2. The predicted molar refractivity (Wildman–Crippen MR) is 43.0 cm³/mol. The number of ether oxygens (including phenoxy) is 1. The summed E-state index contributed by atoms with van der Waals surface area (Å²) in [6.07, 6.45) is 0.333. The van der Waals surface area contributed by atoms with E-state index in [9.17, 15) is 9.59 Å². The third-order valence-electron chi connectivity index (χ3n) is 1.42. The Bertz CT molecular complexity index is 357. The minimum absolute atomic E-state index is 0.00889. The molecule has 0 bridgehead atoms. The fraction of sp³-hybridized carbons (Fsp3) is 0.167. The summed E-state index contributed by atoms with van der Waals surface area (Å²) in [5.74, 6) is -0.869. The summed E-state index contributed by atoms with van der Waals surface area (Å²) < 4.78 is 5.09. The van der Waals surface area contributed by atoms with Crippen molar-refractivity contribution < 1.29 is 14.3 Å². The minimum atomic E-state index is -0.773. The number of primary amides is 1. The van der Waals surface area contributed by atoms with Crippen LogP contribution in [0.1, 0.15) is 10.4 Å². The Labute approximate surface area is 73.2 Å². The fourth-order valence-corrected chi connectivity index (χ4v) is 0.780. The van der Waals surface area contributed by atoms with Crippen molar-refractivity contribution in [2.45, 2.75) is 0 Å². The highest BCUT2D eigenvalue weighted by atomic mass is 16.5. The molecule has 1 aromatic rings. The van der Waals surface area contributed by atoms with Crippen molar-refractivity contribution in [3.63, 3.8) is 0 Å². The number of carbonyl (C=O) groups is 2. The second-order valence-corrected chi connectivity index (χ2v) is 2.19. The molecule has 1 heterocycles. The number of anilines is 1. The Kier molecular flexibility index (Phi) is 2.18. The number of rotatable bonds is 1. The number of nitrogen functional groups attached to an aromatic ring is 1. The van der Waals surface area contributed by atoms with Gasteiger partial charge in [-0.1, -0.05) is 0 Å². The summed E-state index contributed by atoms with van der Waals surface area (Å²) in [5, 5.41) is 3.52. The molecule has 0 atom stereocenters. The smallest absolute Gasteiger partial charge is 0.436 e. The molecule has 0 aliphatic rings. The largest absolute Gasteiger partial charge is 0.451 e. The van der Waals surface area contributed by atoms with Crippen LogP contribution in [0.3, 0.4) is 0 Å². The minimum Gasteiger partial charge on any atom is -0.451 e. The van der Waals surface area contributed by atoms with Crippen LogP contribution in [0.4, 0.5) is 10.6 Å². The highest BCUT2D eigenvalue weighted by Gasteiger charge is 2.16. The van der Waals surface area contributed by atoms with Crippen molar-refractivity contribution in [1.82, 2.24) is 9.78 Å². The fourth-order valence-electron chi connectivity index (χ4n) is 0.780. The molecule has 1 amide bonds. The Morgan fingerprint density at radius 1 is 1.62 bits per heavy atom. The number of nitrogens with zero attached hydrogens (tertiary/aromatic N) is 2. The lowest BCUT2D eigenvalue weighted by Gasteiger charge is -1.99. The molecule has 0 aliphatic heterocycles. The quantitative estimate of drug-likeness (QED) is 0.591. The highest BCUT2D eigenvalue weighted by molar-refractivity contribution is 5.98. The molecule has 70 valence electrons. The van der Waals surface area contributed by atoms with Gasteiger partial charge < -0.3 is 16.2 Å². The molecule has 7 nitrogen and oxygen atoms in total. The van der Waals surface area contributed by atoms with Gasteiger partial charge in [-0.3, -0.25) is 4.79 Å². The maximum atomic E-state index is 10.9.